The molecule has 0 N–H and O–H groups in total. The van der Waals surface area contributed by atoms with Crippen molar-refractivity contribution in [2.75, 3.05) is 13.7 Å². The van der Waals surface area contributed by atoms with Gasteiger partial charge < -0.3 is 4.74 Å². The van der Waals surface area contributed by atoms with Crippen LogP contribution in [0.3, 0.4) is 0 Å². The van der Waals surface area contributed by atoms with E-state index in [0.29, 0.717) is 18.0 Å². The van der Waals surface area contributed by atoms with Crippen molar-refractivity contribution in [2.24, 2.45) is 0 Å². The second-order valence-electron chi connectivity index (χ2n) is 6.56. The summed E-state index contributed by atoms with van der Waals surface area (Å²) in [6, 6.07) is 14.1. The van der Waals surface area contributed by atoms with Gasteiger partial charge in [-0.3, -0.25) is 4.90 Å². The topological polar surface area (TPSA) is 12.5 Å². The minimum Gasteiger partial charge on any atom is -0.497 e. The minimum absolute atomic E-state index is 0.435. The summed E-state index contributed by atoms with van der Waals surface area (Å²) in [5.74, 6) is 1.37. The Labute approximate surface area is 145 Å². The van der Waals surface area contributed by atoms with Gasteiger partial charge in [0.1, 0.15) is 5.75 Å². The first kappa shape index (κ1) is 18.0. The summed E-state index contributed by atoms with van der Waals surface area (Å²) in [6.45, 7) is 10.2. The molecule has 1 heterocycles. The van der Waals surface area contributed by atoms with Gasteiger partial charge in [-0.15, -0.1) is 11.3 Å². The van der Waals surface area contributed by atoms with Crippen LogP contribution in [0.1, 0.15) is 50.5 Å². The molecule has 0 radical (unpaired) electrons. The molecule has 2 nitrogen and oxygen atoms in total. The molecular formula is C20H29NOS. The van der Waals surface area contributed by atoms with Crippen LogP contribution in [0.4, 0.5) is 0 Å². The third-order valence-corrected chi connectivity index (χ3v) is 5.37. The highest BCUT2D eigenvalue weighted by molar-refractivity contribution is 7.10. The van der Waals surface area contributed by atoms with Crippen LogP contribution in [-0.2, 0) is 0 Å². The fraction of sp³-hybridized carbons (Fsp3) is 0.500. The van der Waals surface area contributed by atoms with Crippen LogP contribution >= 0.6 is 11.3 Å². The second kappa shape index (κ2) is 8.51. The second-order valence-corrected chi connectivity index (χ2v) is 7.54. The molecule has 0 aliphatic rings. The third kappa shape index (κ3) is 4.82. The van der Waals surface area contributed by atoms with E-state index >= 15 is 0 Å². The van der Waals surface area contributed by atoms with Gasteiger partial charge in [0.15, 0.2) is 0 Å². The van der Waals surface area contributed by atoms with Crippen molar-refractivity contribution in [1.82, 2.24) is 4.90 Å². The summed E-state index contributed by atoms with van der Waals surface area (Å²) >= 11 is 1.85. The summed E-state index contributed by atoms with van der Waals surface area (Å²) in [7, 11) is 1.73. The van der Waals surface area contributed by atoms with E-state index in [9.17, 15) is 0 Å². The number of nitrogens with zero attached hydrogens (tertiary/aromatic N) is 1. The van der Waals surface area contributed by atoms with Crippen LogP contribution in [0.5, 0.6) is 5.75 Å². The Morgan fingerprint density at radius 1 is 1.04 bits per heavy atom. The molecule has 2 aromatic rings. The van der Waals surface area contributed by atoms with E-state index in [1.54, 1.807) is 7.11 Å². The number of rotatable bonds is 8. The zero-order chi connectivity index (χ0) is 16.8. The maximum absolute atomic E-state index is 5.42. The van der Waals surface area contributed by atoms with Crippen LogP contribution < -0.4 is 4.74 Å². The van der Waals surface area contributed by atoms with Crippen molar-refractivity contribution in [3.8, 4) is 5.75 Å². The first-order valence-corrected chi connectivity index (χ1v) is 9.34. The molecule has 0 aliphatic heterocycles. The van der Waals surface area contributed by atoms with Gasteiger partial charge in [0, 0.05) is 22.9 Å². The molecule has 1 unspecified atom stereocenters. The van der Waals surface area contributed by atoms with Crippen molar-refractivity contribution in [2.45, 2.75) is 52.1 Å². The Morgan fingerprint density at radius 3 is 2.35 bits per heavy atom. The van der Waals surface area contributed by atoms with Gasteiger partial charge >= 0.3 is 0 Å². The fourth-order valence-corrected chi connectivity index (χ4v) is 4.10. The standard InChI is InChI=1S/C20H29NOS/c1-15(2)21(16(3)4)12-11-19(20-10-7-13-23-20)17-8-6-9-18(14-17)22-5/h6-10,13-16,19H,11-12H2,1-5H3. The smallest absolute Gasteiger partial charge is 0.119 e. The fourth-order valence-electron chi connectivity index (χ4n) is 3.21. The number of hydrogen-bond donors (Lipinski definition) is 0. The lowest BCUT2D eigenvalue weighted by molar-refractivity contribution is 0.171. The van der Waals surface area contributed by atoms with Gasteiger partial charge in [0.05, 0.1) is 7.11 Å². The molecule has 1 atom stereocenters. The SMILES string of the molecule is COc1cccc(C(CCN(C(C)C)C(C)C)c2cccs2)c1. The minimum atomic E-state index is 0.435. The Bertz CT molecular complexity index is 569. The molecule has 0 aliphatic carbocycles. The van der Waals surface area contributed by atoms with Gasteiger partial charge in [-0.25, -0.2) is 0 Å². The van der Waals surface area contributed by atoms with E-state index < -0.39 is 0 Å². The van der Waals surface area contributed by atoms with E-state index in [4.69, 9.17) is 4.74 Å². The lowest BCUT2D eigenvalue weighted by atomic mass is 9.93. The summed E-state index contributed by atoms with van der Waals surface area (Å²) in [5, 5.41) is 2.17. The van der Waals surface area contributed by atoms with E-state index in [0.717, 1.165) is 18.7 Å². The lowest BCUT2D eigenvalue weighted by Crippen LogP contribution is -2.38. The average molecular weight is 332 g/mol. The van der Waals surface area contributed by atoms with Crippen molar-refractivity contribution in [3.05, 3.63) is 52.2 Å². The Balaban J connectivity index is 2.21. The Kier molecular flexibility index (Phi) is 6.67. The zero-order valence-electron chi connectivity index (χ0n) is 15.0. The van der Waals surface area contributed by atoms with E-state index in [1.807, 2.05) is 17.4 Å². The molecule has 1 aromatic carbocycles. The van der Waals surface area contributed by atoms with Crippen LogP contribution in [0, 0.1) is 0 Å². The molecule has 3 heteroatoms. The molecule has 126 valence electrons. The molecule has 0 spiro atoms. The summed E-state index contributed by atoms with van der Waals surface area (Å²) in [6.07, 6.45) is 1.13. The van der Waals surface area contributed by atoms with Crippen molar-refractivity contribution in [3.63, 3.8) is 0 Å². The van der Waals surface area contributed by atoms with Crippen LogP contribution in [0.2, 0.25) is 0 Å². The van der Waals surface area contributed by atoms with Crippen LogP contribution in [-0.4, -0.2) is 30.6 Å². The lowest BCUT2D eigenvalue weighted by Gasteiger charge is -2.32. The number of benzene rings is 1. The normalized spacial score (nSPS) is 13.0. The first-order valence-electron chi connectivity index (χ1n) is 8.46. The maximum Gasteiger partial charge on any atom is 0.119 e. The quantitative estimate of drug-likeness (QED) is 0.642. The molecule has 0 bridgehead atoms. The van der Waals surface area contributed by atoms with Crippen molar-refractivity contribution >= 4 is 11.3 Å². The van der Waals surface area contributed by atoms with Crippen LogP contribution in [0.15, 0.2) is 41.8 Å². The van der Waals surface area contributed by atoms with Crippen molar-refractivity contribution in [1.29, 1.82) is 0 Å². The largest absolute Gasteiger partial charge is 0.497 e. The highest BCUT2D eigenvalue weighted by Gasteiger charge is 2.20. The molecular weight excluding hydrogens is 302 g/mol. The average Bonchev–Trinajstić information content (AvgIpc) is 3.04. The highest BCUT2D eigenvalue weighted by atomic mass is 32.1. The molecule has 0 saturated carbocycles. The van der Waals surface area contributed by atoms with Crippen LogP contribution in [0.25, 0.3) is 0 Å². The Morgan fingerprint density at radius 2 is 1.78 bits per heavy atom. The van der Waals surface area contributed by atoms with Crippen molar-refractivity contribution < 1.29 is 4.74 Å². The summed E-state index contributed by atoms with van der Waals surface area (Å²) in [4.78, 5) is 4.01. The van der Waals surface area contributed by atoms with E-state index in [-0.39, 0.29) is 0 Å². The molecule has 23 heavy (non-hydrogen) atoms. The Hall–Kier alpha value is -1.32. The number of thiophene rings is 1. The summed E-state index contributed by atoms with van der Waals surface area (Å²) in [5.41, 5.74) is 1.35. The molecule has 0 amide bonds. The third-order valence-electron chi connectivity index (χ3n) is 4.39. The summed E-state index contributed by atoms with van der Waals surface area (Å²) < 4.78 is 5.42. The molecule has 0 saturated heterocycles. The molecule has 0 fully saturated rings. The van der Waals surface area contributed by atoms with E-state index in [2.05, 4.69) is 68.3 Å². The number of methoxy groups -OCH3 is 1. The van der Waals surface area contributed by atoms with Gasteiger partial charge in [-0.05, 0) is 69.8 Å². The number of ether oxygens (including phenoxy) is 1. The zero-order valence-corrected chi connectivity index (χ0v) is 15.8. The number of hydrogen-bond acceptors (Lipinski definition) is 3. The predicted molar refractivity (Wildman–Crippen MR) is 101 cm³/mol. The maximum atomic E-state index is 5.42. The van der Waals surface area contributed by atoms with E-state index in [1.165, 1.54) is 10.4 Å². The monoisotopic (exact) mass is 331 g/mol. The highest BCUT2D eigenvalue weighted by Crippen LogP contribution is 2.33. The van der Waals surface area contributed by atoms with Gasteiger partial charge in [0.25, 0.3) is 0 Å². The van der Waals surface area contributed by atoms with Gasteiger partial charge in [-0.2, -0.15) is 0 Å². The first-order chi connectivity index (χ1) is 11.0. The molecule has 1 aromatic heterocycles. The predicted octanol–water partition coefficient (Wildman–Crippen LogP) is 5.40. The van der Waals surface area contributed by atoms with Gasteiger partial charge in [-0.1, -0.05) is 18.2 Å². The van der Waals surface area contributed by atoms with Gasteiger partial charge in [0.2, 0.25) is 0 Å². The molecule has 2 rings (SSSR count).